The molecule has 5 heteroatoms. The highest BCUT2D eigenvalue weighted by atomic mass is 35.5. The number of hydrazine groups is 1. The van der Waals surface area contributed by atoms with Gasteiger partial charge in [-0.1, -0.05) is 17.7 Å². The van der Waals surface area contributed by atoms with Crippen molar-refractivity contribution in [3.63, 3.8) is 0 Å². The predicted molar refractivity (Wildman–Crippen MR) is 62.6 cm³/mol. The van der Waals surface area contributed by atoms with E-state index in [1.807, 2.05) is 13.8 Å². The molecule has 0 heterocycles. The molecule has 90 valence electrons. The van der Waals surface area contributed by atoms with Crippen molar-refractivity contribution in [3.05, 3.63) is 34.6 Å². The second-order valence-electron chi connectivity index (χ2n) is 3.47. The van der Waals surface area contributed by atoms with Gasteiger partial charge in [0.15, 0.2) is 0 Å². The first-order valence-electron chi connectivity index (χ1n) is 5.12. The summed E-state index contributed by atoms with van der Waals surface area (Å²) in [5, 5.41) is 0.362. The lowest BCUT2D eigenvalue weighted by molar-refractivity contribution is 0.0463. The van der Waals surface area contributed by atoms with E-state index >= 15 is 0 Å². The Morgan fingerprint density at radius 3 is 2.75 bits per heavy atom. The summed E-state index contributed by atoms with van der Waals surface area (Å²) in [4.78, 5) is 0. The van der Waals surface area contributed by atoms with E-state index in [1.54, 1.807) is 12.1 Å². The lowest BCUT2D eigenvalue weighted by Crippen LogP contribution is -2.37. The average Bonchev–Trinajstić information content (AvgIpc) is 2.22. The highest BCUT2D eigenvalue weighted by molar-refractivity contribution is 6.30. The summed E-state index contributed by atoms with van der Waals surface area (Å²) < 4.78 is 19.0. The summed E-state index contributed by atoms with van der Waals surface area (Å²) in [6.07, 6.45) is -0.217. The van der Waals surface area contributed by atoms with Gasteiger partial charge in [0.05, 0.1) is 12.1 Å². The SMILES string of the molecule is CCOC(C)C(NN)c1ccc(Cl)cc1F. The lowest BCUT2D eigenvalue weighted by Gasteiger charge is -2.23. The first-order chi connectivity index (χ1) is 7.60. The van der Waals surface area contributed by atoms with Crippen LogP contribution in [0.1, 0.15) is 25.5 Å². The molecule has 0 aliphatic heterocycles. The van der Waals surface area contributed by atoms with Crippen LogP contribution in [0.2, 0.25) is 5.02 Å². The number of ether oxygens (including phenoxy) is 1. The Balaban J connectivity index is 2.94. The largest absolute Gasteiger partial charge is 0.377 e. The van der Waals surface area contributed by atoms with Gasteiger partial charge in [-0.25, -0.2) is 4.39 Å². The van der Waals surface area contributed by atoms with Crippen molar-refractivity contribution in [3.8, 4) is 0 Å². The summed E-state index contributed by atoms with van der Waals surface area (Å²) in [5.41, 5.74) is 3.01. The third kappa shape index (κ3) is 3.15. The molecular weight excluding hydrogens is 231 g/mol. The zero-order valence-corrected chi connectivity index (χ0v) is 10.1. The van der Waals surface area contributed by atoms with Crippen LogP contribution in [-0.2, 0) is 4.74 Å². The third-order valence-electron chi connectivity index (χ3n) is 2.38. The molecule has 0 aromatic heterocycles. The molecule has 3 N–H and O–H groups in total. The number of hydrogen-bond donors (Lipinski definition) is 2. The van der Waals surface area contributed by atoms with Crippen LogP contribution in [0.25, 0.3) is 0 Å². The van der Waals surface area contributed by atoms with Crippen molar-refractivity contribution < 1.29 is 9.13 Å². The van der Waals surface area contributed by atoms with Gasteiger partial charge in [-0.15, -0.1) is 0 Å². The molecule has 0 aliphatic carbocycles. The van der Waals surface area contributed by atoms with Crippen molar-refractivity contribution in [2.45, 2.75) is 26.0 Å². The van der Waals surface area contributed by atoms with Crippen LogP contribution in [0.3, 0.4) is 0 Å². The van der Waals surface area contributed by atoms with E-state index in [2.05, 4.69) is 5.43 Å². The number of benzene rings is 1. The molecule has 16 heavy (non-hydrogen) atoms. The molecule has 3 nitrogen and oxygen atoms in total. The van der Waals surface area contributed by atoms with Crippen molar-refractivity contribution >= 4 is 11.6 Å². The third-order valence-corrected chi connectivity index (χ3v) is 2.61. The number of halogens is 2. The summed E-state index contributed by atoms with van der Waals surface area (Å²) in [5.74, 6) is 5.03. The van der Waals surface area contributed by atoms with E-state index < -0.39 is 6.04 Å². The highest BCUT2D eigenvalue weighted by Gasteiger charge is 2.21. The van der Waals surface area contributed by atoms with Crippen LogP contribution in [0.5, 0.6) is 0 Å². The standard InChI is InChI=1S/C11H16ClFN2O/c1-3-16-7(2)11(15-14)9-5-4-8(12)6-10(9)13/h4-7,11,15H,3,14H2,1-2H3. The summed E-state index contributed by atoms with van der Waals surface area (Å²) >= 11 is 5.68. The van der Waals surface area contributed by atoms with E-state index in [4.69, 9.17) is 22.2 Å². The van der Waals surface area contributed by atoms with Gasteiger partial charge < -0.3 is 4.74 Å². The Hall–Kier alpha value is -0.680. The molecule has 0 spiro atoms. The molecule has 0 amide bonds. The van der Waals surface area contributed by atoms with Gasteiger partial charge in [0.2, 0.25) is 0 Å². The molecule has 0 saturated carbocycles. The monoisotopic (exact) mass is 246 g/mol. The molecule has 2 unspecified atom stereocenters. The van der Waals surface area contributed by atoms with Crippen LogP contribution < -0.4 is 11.3 Å². The number of nitrogens with one attached hydrogen (secondary N) is 1. The average molecular weight is 247 g/mol. The molecule has 0 aliphatic rings. The maximum absolute atomic E-state index is 13.7. The Kier molecular flexibility index (Phi) is 5.15. The van der Waals surface area contributed by atoms with Crippen LogP contribution in [-0.4, -0.2) is 12.7 Å². The van der Waals surface area contributed by atoms with E-state index in [0.717, 1.165) is 0 Å². The normalized spacial score (nSPS) is 14.8. The van der Waals surface area contributed by atoms with Crippen molar-refractivity contribution in [2.24, 2.45) is 5.84 Å². The Morgan fingerprint density at radius 1 is 1.56 bits per heavy atom. The minimum atomic E-state index is -0.391. The molecule has 0 radical (unpaired) electrons. The maximum Gasteiger partial charge on any atom is 0.129 e. The molecule has 1 aromatic carbocycles. The van der Waals surface area contributed by atoms with Gasteiger partial charge in [-0.2, -0.15) is 0 Å². The molecule has 0 saturated heterocycles. The van der Waals surface area contributed by atoms with E-state index in [1.165, 1.54) is 6.07 Å². The number of nitrogens with two attached hydrogens (primary N) is 1. The molecular formula is C11H16ClFN2O. The Bertz CT molecular complexity index is 349. The second-order valence-corrected chi connectivity index (χ2v) is 3.91. The first-order valence-corrected chi connectivity index (χ1v) is 5.50. The Labute approximate surface area is 99.7 Å². The van der Waals surface area contributed by atoms with Gasteiger partial charge in [0, 0.05) is 17.2 Å². The van der Waals surface area contributed by atoms with Gasteiger partial charge in [-0.3, -0.25) is 11.3 Å². The van der Waals surface area contributed by atoms with Crippen molar-refractivity contribution in [1.82, 2.24) is 5.43 Å². The fourth-order valence-corrected chi connectivity index (χ4v) is 1.75. The van der Waals surface area contributed by atoms with Crippen molar-refractivity contribution in [2.75, 3.05) is 6.61 Å². The minimum absolute atomic E-state index is 0.217. The zero-order chi connectivity index (χ0) is 12.1. The smallest absolute Gasteiger partial charge is 0.129 e. The molecule has 0 fully saturated rings. The zero-order valence-electron chi connectivity index (χ0n) is 9.34. The van der Waals surface area contributed by atoms with Crippen molar-refractivity contribution in [1.29, 1.82) is 0 Å². The van der Waals surface area contributed by atoms with E-state index in [-0.39, 0.29) is 11.9 Å². The van der Waals surface area contributed by atoms with Gasteiger partial charge in [0.1, 0.15) is 5.82 Å². The predicted octanol–water partition coefficient (Wildman–Crippen LogP) is 2.41. The quantitative estimate of drug-likeness (QED) is 0.620. The molecule has 0 bridgehead atoms. The molecule has 1 aromatic rings. The van der Waals surface area contributed by atoms with Gasteiger partial charge in [-0.05, 0) is 26.0 Å². The lowest BCUT2D eigenvalue weighted by atomic mass is 10.0. The Morgan fingerprint density at radius 2 is 2.25 bits per heavy atom. The van der Waals surface area contributed by atoms with Crippen LogP contribution in [0, 0.1) is 5.82 Å². The summed E-state index contributed by atoms with van der Waals surface area (Å²) in [6, 6.07) is 4.11. The fraction of sp³-hybridized carbons (Fsp3) is 0.455. The fourth-order valence-electron chi connectivity index (χ4n) is 1.59. The highest BCUT2D eigenvalue weighted by Crippen LogP contribution is 2.23. The topological polar surface area (TPSA) is 47.3 Å². The van der Waals surface area contributed by atoms with E-state index in [0.29, 0.717) is 17.2 Å². The maximum atomic E-state index is 13.7. The molecule has 1 rings (SSSR count). The number of rotatable bonds is 5. The van der Waals surface area contributed by atoms with Crippen LogP contribution >= 0.6 is 11.6 Å². The van der Waals surface area contributed by atoms with Gasteiger partial charge in [0.25, 0.3) is 0 Å². The van der Waals surface area contributed by atoms with Crippen LogP contribution in [0.4, 0.5) is 4.39 Å². The number of hydrogen-bond acceptors (Lipinski definition) is 3. The minimum Gasteiger partial charge on any atom is -0.377 e. The van der Waals surface area contributed by atoms with E-state index in [9.17, 15) is 4.39 Å². The first kappa shape index (κ1) is 13.4. The summed E-state index contributed by atoms with van der Waals surface area (Å²) in [6.45, 7) is 4.26. The molecule has 2 atom stereocenters. The summed E-state index contributed by atoms with van der Waals surface area (Å²) in [7, 11) is 0. The van der Waals surface area contributed by atoms with Gasteiger partial charge >= 0.3 is 0 Å². The second kappa shape index (κ2) is 6.15. The van der Waals surface area contributed by atoms with Crippen LogP contribution in [0.15, 0.2) is 18.2 Å².